The zero-order valence-electron chi connectivity index (χ0n) is 12.0. The molecule has 0 radical (unpaired) electrons. The van der Waals surface area contributed by atoms with E-state index in [0.717, 1.165) is 0 Å². The standard InChI is InChI=1S/C16H19NO3/c1-5-11(3)14(16(19)20)17(4)15(18)13-9-7-12(6-2)8-10-13/h2,7-11,14H,5H2,1,3-4H3,(H,19,20). The van der Waals surface area contributed by atoms with Gasteiger partial charge in [-0.1, -0.05) is 26.2 Å². The van der Waals surface area contributed by atoms with Gasteiger partial charge in [-0.3, -0.25) is 4.79 Å². The van der Waals surface area contributed by atoms with Crippen LogP contribution in [0.5, 0.6) is 0 Å². The molecule has 0 saturated carbocycles. The van der Waals surface area contributed by atoms with Gasteiger partial charge in [0.2, 0.25) is 0 Å². The number of carboxylic acid groups (broad SMARTS) is 1. The number of hydrogen-bond donors (Lipinski definition) is 1. The minimum Gasteiger partial charge on any atom is -0.480 e. The second kappa shape index (κ2) is 6.76. The second-order valence-corrected chi connectivity index (χ2v) is 4.81. The van der Waals surface area contributed by atoms with Crippen LogP contribution in [0.3, 0.4) is 0 Å². The molecule has 1 aromatic carbocycles. The molecule has 2 unspecified atom stereocenters. The van der Waals surface area contributed by atoms with Gasteiger partial charge < -0.3 is 10.0 Å². The summed E-state index contributed by atoms with van der Waals surface area (Å²) in [5, 5.41) is 9.30. The Kier molecular flexibility index (Phi) is 5.33. The van der Waals surface area contributed by atoms with E-state index in [1.165, 1.54) is 11.9 Å². The highest BCUT2D eigenvalue weighted by atomic mass is 16.4. The largest absolute Gasteiger partial charge is 0.480 e. The fourth-order valence-electron chi connectivity index (χ4n) is 2.05. The maximum Gasteiger partial charge on any atom is 0.326 e. The van der Waals surface area contributed by atoms with Crippen molar-refractivity contribution < 1.29 is 14.7 Å². The summed E-state index contributed by atoms with van der Waals surface area (Å²) in [4.78, 5) is 25.0. The van der Waals surface area contributed by atoms with Crippen molar-refractivity contribution in [2.75, 3.05) is 7.05 Å². The summed E-state index contributed by atoms with van der Waals surface area (Å²) in [6.07, 6.45) is 5.94. The number of carbonyl (C=O) groups excluding carboxylic acids is 1. The summed E-state index contributed by atoms with van der Waals surface area (Å²) in [6, 6.07) is 5.73. The Balaban J connectivity index is 2.99. The molecule has 20 heavy (non-hydrogen) atoms. The SMILES string of the molecule is C#Cc1ccc(C(=O)N(C)C(C(=O)O)C(C)CC)cc1. The molecular weight excluding hydrogens is 254 g/mol. The highest BCUT2D eigenvalue weighted by Crippen LogP contribution is 2.17. The van der Waals surface area contributed by atoms with E-state index < -0.39 is 12.0 Å². The smallest absolute Gasteiger partial charge is 0.326 e. The zero-order valence-corrected chi connectivity index (χ0v) is 12.0. The van der Waals surface area contributed by atoms with Crippen molar-refractivity contribution in [3.8, 4) is 12.3 Å². The number of rotatable bonds is 5. The number of benzene rings is 1. The molecule has 0 aliphatic rings. The molecule has 0 aliphatic heterocycles. The summed E-state index contributed by atoms with van der Waals surface area (Å²) in [6.45, 7) is 3.73. The molecule has 4 heteroatoms. The van der Waals surface area contributed by atoms with Gasteiger partial charge in [0.25, 0.3) is 5.91 Å². The lowest BCUT2D eigenvalue weighted by molar-refractivity contribution is -0.143. The molecule has 0 fully saturated rings. The van der Waals surface area contributed by atoms with Crippen molar-refractivity contribution >= 4 is 11.9 Å². The van der Waals surface area contributed by atoms with Crippen LogP contribution < -0.4 is 0 Å². The van der Waals surface area contributed by atoms with Gasteiger partial charge in [-0.2, -0.15) is 0 Å². The van der Waals surface area contributed by atoms with Crippen molar-refractivity contribution in [1.29, 1.82) is 0 Å². The molecule has 0 bridgehead atoms. The van der Waals surface area contributed by atoms with Gasteiger partial charge in [-0.05, 0) is 30.2 Å². The number of likely N-dealkylation sites (N-methyl/N-ethyl adjacent to an activating group) is 1. The number of hydrogen-bond acceptors (Lipinski definition) is 2. The van der Waals surface area contributed by atoms with Crippen LogP contribution in [0.1, 0.15) is 36.2 Å². The second-order valence-electron chi connectivity index (χ2n) is 4.81. The Bertz CT molecular complexity index is 528. The first-order valence-electron chi connectivity index (χ1n) is 6.49. The van der Waals surface area contributed by atoms with Crippen LogP contribution in [-0.2, 0) is 4.79 Å². The molecule has 1 amide bonds. The predicted octanol–water partition coefficient (Wildman–Crippen LogP) is 2.24. The van der Waals surface area contributed by atoms with Crippen molar-refractivity contribution in [3.63, 3.8) is 0 Å². The van der Waals surface area contributed by atoms with Gasteiger partial charge in [0.15, 0.2) is 0 Å². The van der Waals surface area contributed by atoms with Crippen LogP contribution in [0, 0.1) is 18.3 Å². The summed E-state index contributed by atoms with van der Waals surface area (Å²) in [5.41, 5.74) is 1.11. The summed E-state index contributed by atoms with van der Waals surface area (Å²) < 4.78 is 0. The van der Waals surface area contributed by atoms with E-state index >= 15 is 0 Å². The number of amides is 1. The van der Waals surface area contributed by atoms with E-state index in [1.54, 1.807) is 24.3 Å². The normalized spacial score (nSPS) is 13.1. The van der Waals surface area contributed by atoms with Gasteiger partial charge in [-0.25, -0.2) is 4.79 Å². The molecule has 0 aromatic heterocycles. The molecule has 0 saturated heterocycles. The maximum atomic E-state index is 12.3. The first-order valence-corrected chi connectivity index (χ1v) is 6.49. The highest BCUT2D eigenvalue weighted by Gasteiger charge is 2.31. The molecular formula is C16H19NO3. The first kappa shape index (κ1) is 15.8. The fraction of sp³-hybridized carbons (Fsp3) is 0.375. The summed E-state index contributed by atoms with van der Waals surface area (Å²) >= 11 is 0. The molecule has 1 aromatic rings. The van der Waals surface area contributed by atoms with E-state index in [4.69, 9.17) is 6.42 Å². The van der Waals surface area contributed by atoms with Gasteiger partial charge >= 0.3 is 5.97 Å². The van der Waals surface area contributed by atoms with Crippen LogP contribution in [-0.4, -0.2) is 35.0 Å². The Morgan fingerprint density at radius 1 is 1.35 bits per heavy atom. The number of carboxylic acids is 1. The van der Waals surface area contributed by atoms with Crippen molar-refractivity contribution in [2.45, 2.75) is 26.3 Å². The summed E-state index contributed by atoms with van der Waals surface area (Å²) in [5.74, 6) is 1.04. The lowest BCUT2D eigenvalue weighted by atomic mass is 9.97. The van der Waals surface area contributed by atoms with Crippen LogP contribution >= 0.6 is 0 Å². The monoisotopic (exact) mass is 273 g/mol. The van der Waals surface area contributed by atoms with Crippen LogP contribution in [0.25, 0.3) is 0 Å². The van der Waals surface area contributed by atoms with Gasteiger partial charge in [0.05, 0.1) is 0 Å². The maximum absolute atomic E-state index is 12.3. The van der Waals surface area contributed by atoms with Crippen LogP contribution in [0.15, 0.2) is 24.3 Å². The minimum atomic E-state index is -0.990. The van der Waals surface area contributed by atoms with Crippen molar-refractivity contribution in [2.24, 2.45) is 5.92 Å². The minimum absolute atomic E-state index is 0.119. The lowest BCUT2D eigenvalue weighted by Gasteiger charge is -2.29. The van der Waals surface area contributed by atoms with Crippen LogP contribution in [0.2, 0.25) is 0 Å². The molecule has 1 rings (SSSR count). The van der Waals surface area contributed by atoms with Crippen LogP contribution in [0.4, 0.5) is 0 Å². The third-order valence-corrected chi connectivity index (χ3v) is 3.47. The Labute approximate surface area is 119 Å². The Morgan fingerprint density at radius 3 is 2.30 bits per heavy atom. The molecule has 0 spiro atoms. The van der Waals surface area contributed by atoms with E-state index in [0.29, 0.717) is 17.5 Å². The topological polar surface area (TPSA) is 57.6 Å². The third-order valence-electron chi connectivity index (χ3n) is 3.47. The molecule has 1 N–H and O–H groups in total. The average Bonchev–Trinajstić information content (AvgIpc) is 2.46. The molecule has 0 aliphatic carbocycles. The Hall–Kier alpha value is -2.28. The molecule has 0 heterocycles. The van der Waals surface area contributed by atoms with E-state index in [1.807, 2.05) is 13.8 Å². The van der Waals surface area contributed by atoms with Gasteiger partial charge in [-0.15, -0.1) is 6.42 Å². The Morgan fingerprint density at radius 2 is 1.90 bits per heavy atom. The number of carbonyl (C=O) groups is 2. The predicted molar refractivity (Wildman–Crippen MR) is 77.3 cm³/mol. The van der Waals surface area contributed by atoms with E-state index in [-0.39, 0.29) is 11.8 Å². The molecule has 2 atom stereocenters. The van der Waals surface area contributed by atoms with E-state index in [2.05, 4.69) is 5.92 Å². The van der Waals surface area contributed by atoms with E-state index in [9.17, 15) is 14.7 Å². The third kappa shape index (κ3) is 3.39. The highest BCUT2D eigenvalue weighted by molar-refractivity contribution is 5.96. The number of aliphatic carboxylic acids is 1. The lowest BCUT2D eigenvalue weighted by Crippen LogP contribution is -2.46. The fourth-order valence-corrected chi connectivity index (χ4v) is 2.05. The summed E-state index contributed by atoms with van der Waals surface area (Å²) in [7, 11) is 1.52. The average molecular weight is 273 g/mol. The quantitative estimate of drug-likeness (QED) is 0.837. The van der Waals surface area contributed by atoms with Gasteiger partial charge in [0.1, 0.15) is 6.04 Å². The van der Waals surface area contributed by atoms with Crippen molar-refractivity contribution in [3.05, 3.63) is 35.4 Å². The molecule has 106 valence electrons. The first-order chi connectivity index (χ1) is 9.42. The molecule has 4 nitrogen and oxygen atoms in total. The zero-order chi connectivity index (χ0) is 15.3. The van der Waals surface area contributed by atoms with Crippen molar-refractivity contribution in [1.82, 2.24) is 4.90 Å². The number of nitrogens with zero attached hydrogens (tertiary/aromatic N) is 1. The van der Waals surface area contributed by atoms with Gasteiger partial charge in [0, 0.05) is 18.2 Å². The number of terminal acetylenes is 1.